The van der Waals surface area contributed by atoms with Gasteiger partial charge in [-0.05, 0) is 31.5 Å². The maximum atomic E-state index is 13.4. The molecule has 0 aliphatic heterocycles. The van der Waals surface area contributed by atoms with Crippen molar-refractivity contribution in [1.29, 1.82) is 0 Å². The molecule has 0 heterocycles. The second kappa shape index (κ2) is 7.12. The summed E-state index contributed by atoms with van der Waals surface area (Å²) in [6.07, 6.45) is -3.18. The van der Waals surface area contributed by atoms with Crippen LogP contribution in [0.1, 0.15) is 42.3 Å². The number of aliphatic hydroxyl groups excluding tert-OH is 2. The smallest absolute Gasteiger partial charge is 0.308 e. The summed E-state index contributed by atoms with van der Waals surface area (Å²) in [5.41, 5.74) is -0.0155. The third-order valence-corrected chi connectivity index (χ3v) is 2.76. The van der Waals surface area contributed by atoms with Gasteiger partial charge in [0.15, 0.2) is 5.78 Å². The Labute approximate surface area is 116 Å². The van der Waals surface area contributed by atoms with Gasteiger partial charge in [0.25, 0.3) is 0 Å². The van der Waals surface area contributed by atoms with E-state index in [0.29, 0.717) is 0 Å². The average molecular weight is 284 g/mol. The van der Waals surface area contributed by atoms with Crippen molar-refractivity contribution in [3.63, 3.8) is 0 Å². The van der Waals surface area contributed by atoms with Crippen molar-refractivity contribution in [1.82, 2.24) is 0 Å². The van der Waals surface area contributed by atoms with E-state index in [0.717, 1.165) is 12.1 Å². The van der Waals surface area contributed by atoms with Gasteiger partial charge in [0, 0.05) is 0 Å². The maximum absolute atomic E-state index is 13.4. The fourth-order valence-electron chi connectivity index (χ4n) is 1.72. The van der Waals surface area contributed by atoms with Crippen LogP contribution in [0, 0.1) is 5.82 Å². The Kier molecular flexibility index (Phi) is 5.79. The van der Waals surface area contributed by atoms with E-state index >= 15 is 0 Å². The van der Waals surface area contributed by atoms with Gasteiger partial charge >= 0.3 is 5.97 Å². The summed E-state index contributed by atoms with van der Waals surface area (Å²) in [5, 5.41) is 19.6. The van der Waals surface area contributed by atoms with Gasteiger partial charge in [-0.15, -0.1) is 0 Å². The summed E-state index contributed by atoms with van der Waals surface area (Å²) in [6, 6.07) is 3.45. The molecule has 0 aliphatic carbocycles. The number of halogens is 1. The monoisotopic (exact) mass is 284 g/mol. The highest BCUT2D eigenvalue weighted by atomic mass is 19.1. The Morgan fingerprint density at radius 3 is 2.55 bits per heavy atom. The minimum Gasteiger partial charge on any atom is -0.466 e. The van der Waals surface area contributed by atoms with Gasteiger partial charge in [-0.1, -0.05) is 6.07 Å². The molecule has 1 aromatic carbocycles. The predicted octanol–water partition coefficient (Wildman–Crippen LogP) is 1.38. The van der Waals surface area contributed by atoms with E-state index in [1.54, 1.807) is 6.92 Å². The molecule has 0 fully saturated rings. The number of ketones is 1. The molecule has 2 unspecified atom stereocenters. The van der Waals surface area contributed by atoms with E-state index in [2.05, 4.69) is 4.74 Å². The summed E-state index contributed by atoms with van der Waals surface area (Å²) >= 11 is 0. The summed E-state index contributed by atoms with van der Waals surface area (Å²) in [7, 11) is 0. The normalized spacial score (nSPS) is 13.7. The van der Waals surface area contributed by atoms with Crippen LogP contribution < -0.4 is 0 Å². The molecule has 110 valence electrons. The third kappa shape index (κ3) is 4.11. The lowest BCUT2D eigenvalue weighted by Gasteiger charge is -2.18. The molecule has 0 saturated carbocycles. The van der Waals surface area contributed by atoms with Crippen molar-refractivity contribution in [3.8, 4) is 0 Å². The Bertz CT molecular complexity index is 500. The SMILES string of the molecule is CCOC(=O)CC(O)C(O)c1ccc(F)c(C(C)=O)c1. The van der Waals surface area contributed by atoms with Crippen molar-refractivity contribution in [3.05, 3.63) is 35.1 Å². The van der Waals surface area contributed by atoms with Crippen molar-refractivity contribution < 1.29 is 28.9 Å². The molecule has 0 amide bonds. The first-order valence-electron chi connectivity index (χ1n) is 6.19. The van der Waals surface area contributed by atoms with Crippen LogP contribution in [0.2, 0.25) is 0 Å². The minimum atomic E-state index is -1.40. The van der Waals surface area contributed by atoms with E-state index in [-0.39, 0.29) is 24.2 Å². The number of aliphatic hydroxyl groups is 2. The Morgan fingerprint density at radius 2 is 2.00 bits per heavy atom. The standard InChI is InChI=1S/C14H17FO5/c1-3-20-13(18)7-12(17)14(19)9-4-5-11(15)10(6-9)8(2)16/h4-6,12,14,17,19H,3,7H2,1-2H3. The molecule has 20 heavy (non-hydrogen) atoms. The molecule has 5 nitrogen and oxygen atoms in total. The van der Waals surface area contributed by atoms with Crippen LogP contribution in [0.15, 0.2) is 18.2 Å². The lowest BCUT2D eigenvalue weighted by atomic mass is 9.99. The topological polar surface area (TPSA) is 83.8 Å². The van der Waals surface area contributed by atoms with E-state index in [4.69, 9.17) is 0 Å². The fourth-order valence-corrected chi connectivity index (χ4v) is 1.72. The number of ether oxygens (including phenoxy) is 1. The molecular formula is C14H17FO5. The van der Waals surface area contributed by atoms with Crippen LogP contribution in [0.5, 0.6) is 0 Å². The minimum absolute atomic E-state index is 0.161. The number of esters is 1. The number of carbonyl (C=O) groups excluding carboxylic acids is 2. The van der Waals surface area contributed by atoms with Gasteiger partial charge in [-0.2, -0.15) is 0 Å². The molecule has 0 aliphatic rings. The largest absolute Gasteiger partial charge is 0.466 e. The van der Waals surface area contributed by atoms with E-state index in [9.17, 15) is 24.2 Å². The van der Waals surface area contributed by atoms with Crippen LogP contribution in [0.25, 0.3) is 0 Å². The Hall–Kier alpha value is -1.79. The third-order valence-electron chi connectivity index (χ3n) is 2.76. The van der Waals surface area contributed by atoms with Crippen LogP contribution >= 0.6 is 0 Å². The highest BCUT2D eigenvalue weighted by Crippen LogP contribution is 2.22. The Balaban J connectivity index is 2.86. The van der Waals surface area contributed by atoms with Gasteiger partial charge in [0.1, 0.15) is 11.9 Å². The highest BCUT2D eigenvalue weighted by Gasteiger charge is 2.23. The predicted molar refractivity (Wildman–Crippen MR) is 68.6 cm³/mol. The van der Waals surface area contributed by atoms with E-state index in [1.165, 1.54) is 13.0 Å². The van der Waals surface area contributed by atoms with E-state index < -0.39 is 29.8 Å². The molecule has 2 N–H and O–H groups in total. The number of hydrogen-bond acceptors (Lipinski definition) is 5. The van der Waals surface area contributed by atoms with Crippen molar-refractivity contribution in [2.75, 3.05) is 6.61 Å². The van der Waals surface area contributed by atoms with Crippen LogP contribution in [0.4, 0.5) is 4.39 Å². The summed E-state index contributed by atoms with van der Waals surface area (Å²) in [5.74, 6) is -1.84. The van der Waals surface area contributed by atoms with Gasteiger partial charge in [0.2, 0.25) is 0 Å². The highest BCUT2D eigenvalue weighted by molar-refractivity contribution is 5.94. The van der Waals surface area contributed by atoms with Crippen LogP contribution in [0.3, 0.4) is 0 Å². The zero-order chi connectivity index (χ0) is 15.3. The van der Waals surface area contributed by atoms with Crippen LogP contribution in [-0.2, 0) is 9.53 Å². The molecule has 0 radical (unpaired) electrons. The van der Waals surface area contributed by atoms with Crippen molar-refractivity contribution in [2.45, 2.75) is 32.5 Å². The van der Waals surface area contributed by atoms with Gasteiger partial charge in [0.05, 0.1) is 24.7 Å². The summed E-state index contributed by atoms with van der Waals surface area (Å²) < 4.78 is 18.0. The molecule has 1 aromatic rings. The lowest BCUT2D eigenvalue weighted by molar-refractivity contribution is -0.147. The first kappa shape index (κ1) is 16.3. The number of hydrogen-bond donors (Lipinski definition) is 2. The first-order chi connectivity index (χ1) is 9.36. The number of Topliss-reactive ketones (excluding diaryl/α,β-unsaturated/α-hetero) is 1. The second-order valence-corrected chi connectivity index (χ2v) is 4.32. The quantitative estimate of drug-likeness (QED) is 0.609. The maximum Gasteiger partial charge on any atom is 0.308 e. The number of carbonyl (C=O) groups is 2. The number of rotatable bonds is 6. The number of benzene rings is 1. The van der Waals surface area contributed by atoms with E-state index in [1.807, 2.05) is 0 Å². The molecule has 0 aromatic heterocycles. The Morgan fingerprint density at radius 1 is 1.35 bits per heavy atom. The van der Waals surface area contributed by atoms with Crippen molar-refractivity contribution >= 4 is 11.8 Å². The lowest BCUT2D eigenvalue weighted by Crippen LogP contribution is -2.23. The molecule has 0 bridgehead atoms. The van der Waals surface area contributed by atoms with Gasteiger partial charge in [-0.3, -0.25) is 9.59 Å². The second-order valence-electron chi connectivity index (χ2n) is 4.32. The summed E-state index contributed by atoms with van der Waals surface area (Å²) in [6.45, 7) is 3.00. The molecule has 0 spiro atoms. The zero-order valence-corrected chi connectivity index (χ0v) is 11.3. The molecule has 2 atom stereocenters. The fraction of sp³-hybridized carbons (Fsp3) is 0.429. The summed E-state index contributed by atoms with van der Waals surface area (Å²) in [4.78, 5) is 22.4. The van der Waals surface area contributed by atoms with Crippen LogP contribution in [-0.4, -0.2) is 34.7 Å². The molecule has 0 saturated heterocycles. The van der Waals surface area contributed by atoms with Crippen molar-refractivity contribution in [2.24, 2.45) is 0 Å². The average Bonchev–Trinajstić information content (AvgIpc) is 2.38. The molecule has 6 heteroatoms. The zero-order valence-electron chi connectivity index (χ0n) is 11.3. The first-order valence-corrected chi connectivity index (χ1v) is 6.19. The molecular weight excluding hydrogens is 267 g/mol. The van der Waals surface area contributed by atoms with Gasteiger partial charge in [-0.25, -0.2) is 4.39 Å². The van der Waals surface area contributed by atoms with Gasteiger partial charge < -0.3 is 14.9 Å². The molecule has 1 rings (SSSR count).